The lowest BCUT2D eigenvalue weighted by atomic mass is 10.1. The molecule has 0 aliphatic carbocycles. The predicted molar refractivity (Wildman–Crippen MR) is 87.4 cm³/mol. The molecule has 0 aromatic heterocycles. The summed E-state index contributed by atoms with van der Waals surface area (Å²) in [5, 5.41) is 3.52. The molecule has 98 valence electrons. The van der Waals surface area contributed by atoms with Gasteiger partial charge < -0.3 is 11.1 Å². The van der Waals surface area contributed by atoms with Gasteiger partial charge >= 0.3 is 0 Å². The van der Waals surface area contributed by atoms with Crippen molar-refractivity contribution in [3.8, 4) is 0 Å². The number of nitrogens with two attached hydrogens (primary N) is 1. The fraction of sp³-hybridized carbons (Fsp3) is 0.0714. The number of hydrogen-bond acceptors (Lipinski definition) is 2. The number of nitrogen functional groups attached to an aromatic ring is 1. The Morgan fingerprint density at radius 2 is 1.89 bits per heavy atom. The Bertz CT molecular complexity index is 599. The minimum atomic E-state index is -0.0648. The summed E-state index contributed by atoms with van der Waals surface area (Å²) in [5.74, 6) is -0.0648. The highest BCUT2D eigenvalue weighted by Gasteiger charge is 2.07. The minimum Gasteiger partial charge on any atom is -0.399 e. The number of halogens is 2. The number of nitrogens with one attached hydrogen (secondary N) is 1. The second-order valence-electron chi connectivity index (χ2n) is 4.09. The first kappa shape index (κ1) is 14.1. The van der Waals surface area contributed by atoms with Crippen LogP contribution in [0.2, 0.25) is 5.02 Å². The normalized spacial score (nSPS) is 10.2. The van der Waals surface area contributed by atoms with Crippen LogP contribution in [0.1, 0.15) is 5.56 Å². The molecule has 0 spiro atoms. The SMILES string of the molecule is Nc1ccc(CC(=O)Nc2ccc(Cl)cc2I)cc1. The van der Waals surface area contributed by atoms with E-state index in [0.717, 1.165) is 14.8 Å². The number of carbonyl (C=O) groups is 1. The molecule has 5 heteroatoms. The molecule has 0 aliphatic heterocycles. The van der Waals surface area contributed by atoms with Gasteiger partial charge in [0, 0.05) is 14.3 Å². The average Bonchev–Trinajstić information content (AvgIpc) is 2.36. The Morgan fingerprint density at radius 3 is 2.53 bits per heavy atom. The van der Waals surface area contributed by atoms with Crippen molar-refractivity contribution in [3.05, 3.63) is 56.6 Å². The smallest absolute Gasteiger partial charge is 0.228 e. The molecule has 2 rings (SSSR count). The standard InChI is InChI=1S/C14H12ClIN2O/c15-10-3-6-13(12(16)8-10)18-14(19)7-9-1-4-11(17)5-2-9/h1-6,8H,7,17H2,(H,18,19). The van der Waals surface area contributed by atoms with Crippen LogP contribution in [0.5, 0.6) is 0 Å². The summed E-state index contributed by atoms with van der Waals surface area (Å²) in [6, 6.07) is 12.6. The summed E-state index contributed by atoms with van der Waals surface area (Å²) in [6.07, 6.45) is 0.318. The zero-order chi connectivity index (χ0) is 13.8. The van der Waals surface area contributed by atoms with Gasteiger partial charge in [-0.05, 0) is 58.5 Å². The zero-order valence-electron chi connectivity index (χ0n) is 9.99. The van der Waals surface area contributed by atoms with Crippen LogP contribution < -0.4 is 11.1 Å². The first-order valence-corrected chi connectivity index (χ1v) is 7.09. The fourth-order valence-corrected chi connectivity index (χ4v) is 2.61. The first-order chi connectivity index (χ1) is 9.04. The van der Waals surface area contributed by atoms with Crippen LogP contribution in [-0.2, 0) is 11.2 Å². The quantitative estimate of drug-likeness (QED) is 0.624. The van der Waals surface area contributed by atoms with Crippen molar-refractivity contribution in [1.29, 1.82) is 0 Å². The third kappa shape index (κ3) is 4.11. The number of amides is 1. The van der Waals surface area contributed by atoms with Crippen LogP contribution in [0.4, 0.5) is 11.4 Å². The lowest BCUT2D eigenvalue weighted by Crippen LogP contribution is -2.15. The summed E-state index contributed by atoms with van der Waals surface area (Å²) < 4.78 is 0.913. The van der Waals surface area contributed by atoms with E-state index in [9.17, 15) is 4.79 Å². The second-order valence-corrected chi connectivity index (χ2v) is 5.69. The van der Waals surface area contributed by atoms with Crippen LogP contribution in [-0.4, -0.2) is 5.91 Å². The topological polar surface area (TPSA) is 55.1 Å². The Labute approximate surface area is 130 Å². The second kappa shape index (κ2) is 6.25. The molecule has 3 N–H and O–H groups in total. The number of benzene rings is 2. The van der Waals surface area contributed by atoms with Gasteiger partial charge in [-0.25, -0.2) is 0 Å². The van der Waals surface area contributed by atoms with Crippen molar-refractivity contribution < 1.29 is 4.79 Å². The van der Waals surface area contributed by atoms with Gasteiger partial charge in [-0.3, -0.25) is 4.79 Å². The Morgan fingerprint density at radius 1 is 1.21 bits per heavy atom. The molecular formula is C14H12ClIN2O. The van der Waals surface area contributed by atoms with E-state index in [-0.39, 0.29) is 5.91 Å². The molecule has 0 atom stereocenters. The summed E-state index contributed by atoms with van der Waals surface area (Å²) in [4.78, 5) is 11.9. The third-order valence-electron chi connectivity index (χ3n) is 2.55. The van der Waals surface area contributed by atoms with Gasteiger partial charge in [-0.1, -0.05) is 23.7 Å². The molecule has 3 nitrogen and oxygen atoms in total. The van der Waals surface area contributed by atoms with E-state index < -0.39 is 0 Å². The maximum Gasteiger partial charge on any atom is 0.228 e. The van der Waals surface area contributed by atoms with Crippen molar-refractivity contribution in [1.82, 2.24) is 0 Å². The maximum absolute atomic E-state index is 11.9. The molecule has 0 unspecified atom stereocenters. The molecule has 0 saturated heterocycles. The van der Waals surface area contributed by atoms with E-state index >= 15 is 0 Å². The highest BCUT2D eigenvalue weighted by Crippen LogP contribution is 2.22. The molecule has 0 fully saturated rings. The number of rotatable bonds is 3. The average molecular weight is 387 g/mol. The summed E-state index contributed by atoms with van der Waals surface area (Å²) in [7, 11) is 0. The van der Waals surface area contributed by atoms with E-state index in [1.807, 2.05) is 12.1 Å². The molecule has 2 aromatic carbocycles. The lowest BCUT2D eigenvalue weighted by molar-refractivity contribution is -0.115. The molecule has 0 heterocycles. The summed E-state index contributed by atoms with van der Waals surface area (Å²) >= 11 is 8.01. The third-order valence-corrected chi connectivity index (χ3v) is 3.68. The maximum atomic E-state index is 11.9. The lowest BCUT2D eigenvalue weighted by Gasteiger charge is -2.08. The van der Waals surface area contributed by atoms with Crippen molar-refractivity contribution in [3.63, 3.8) is 0 Å². The van der Waals surface area contributed by atoms with Crippen molar-refractivity contribution in [2.24, 2.45) is 0 Å². The van der Waals surface area contributed by atoms with Gasteiger partial charge in [-0.2, -0.15) is 0 Å². The van der Waals surface area contributed by atoms with E-state index in [1.165, 1.54) is 0 Å². The zero-order valence-corrected chi connectivity index (χ0v) is 12.9. The van der Waals surface area contributed by atoms with E-state index in [2.05, 4.69) is 27.9 Å². The number of anilines is 2. The van der Waals surface area contributed by atoms with Crippen molar-refractivity contribution >= 4 is 51.5 Å². The van der Waals surface area contributed by atoms with E-state index in [0.29, 0.717) is 17.1 Å². The fourth-order valence-electron chi connectivity index (χ4n) is 1.61. The molecule has 0 bridgehead atoms. The highest BCUT2D eigenvalue weighted by molar-refractivity contribution is 14.1. The van der Waals surface area contributed by atoms with Gasteiger partial charge in [0.1, 0.15) is 0 Å². The van der Waals surface area contributed by atoms with Crippen LogP contribution in [0.15, 0.2) is 42.5 Å². The van der Waals surface area contributed by atoms with Gasteiger partial charge in [0.05, 0.1) is 12.1 Å². The van der Waals surface area contributed by atoms with E-state index in [4.69, 9.17) is 17.3 Å². The Hall–Kier alpha value is -1.27. The summed E-state index contributed by atoms with van der Waals surface area (Å²) in [6.45, 7) is 0. The highest BCUT2D eigenvalue weighted by atomic mass is 127. The van der Waals surface area contributed by atoms with E-state index in [1.54, 1.807) is 30.3 Å². The van der Waals surface area contributed by atoms with Gasteiger partial charge in [0.25, 0.3) is 0 Å². The van der Waals surface area contributed by atoms with Crippen LogP contribution in [0.25, 0.3) is 0 Å². The van der Waals surface area contributed by atoms with Gasteiger partial charge in [0.2, 0.25) is 5.91 Å². The molecule has 1 amide bonds. The number of hydrogen-bond donors (Lipinski definition) is 2. The van der Waals surface area contributed by atoms with Crippen molar-refractivity contribution in [2.45, 2.75) is 6.42 Å². The monoisotopic (exact) mass is 386 g/mol. The van der Waals surface area contributed by atoms with Crippen LogP contribution in [0, 0.1) is 3.57 Å². The molecule has 0 aliphatic rings. The molecule has 19 heavy (non-hydrogen) atoms. The van der Waals surface area contributed by atoms with Crippen LogP contribution in [0.3, 0.4) is 0 Å². The van der Waals surface area contributed by atoms with Crippen LogP contribution >= 0.6 is 34.2 Å². The first-order valence-electron chi connectivity index (χ1n) is 5.64. The molecule has 0 radical (unpaired) electrons. The van der Waals surface area contributed by atoms with Gasteiger partial charge in [-0.15, -0.1) is 0 Å². The Balaban J connectivity index is 2.03. The predicted octanol–water partition coefficient (Wildman–Crippen LogP) is 3.71. The Kier molecular flexibility index (Phi) is 4.66. The van der Waals surface area contributed by atoms with Gasteiger partial charge in [0.15, 0.2) is 0 Å². The minimum absolute atomic E-state index is 0.0648. The molecular weight excluding hydrogens is 375 g/mol. The largest absolute Gasteiger partial charge is 0.399 e. The molecule has 2 aromatic rings. The number of carbonyl (C=O) groups excluding carboxylic acids is 1. The van der Waals surface area contributed by atoms with Crippen molar-refractivity contribution in [2.75, 3.05) is 11.1 Å². The summed E-state index contributed by atoms with van der Waals surface area (Å²) in [5.41, 5.74) is 7.99. The molecule has 0 saturated carbocycles.